The van der Waals surface area contributed by atoms with Crippen LogP contribution in [0.3, 0.4) is 0 Å². The van der Waals surface area contributed by atoms with Gasteiger partial charge in [-0.1, -0.05) is 114 Å². The molecule has 0 N–H and O–H groups in total. The zero-order chi connectivity index (χ0) is 12.9. The summed E-state index contributed by atoms with van der Waals surface area (Å²) >= 11 is 0. The van der Waals surface area contributed by atoms with Gasteiger partial charge in [-0.15, -0.1) is 0 Å². The average Bonchev–Trinajstić information content (AvgIpc) is 2.51. The van der Waals surface area contributed by atoms with Crippen LogP contribution in [0.15, 0.2) is 91.0 Å². The normalized spacial score (nSPS) is 9.60. The first-order valence-corrected chi connectivity index (χ1v) is 6.48. The van der Waals surface area contributed by atoms with Crippen LogP contribution >= 0.6 is 0 Å². The number of benzene rings is 3. The molecule has 0 aliphatic rings. The number of hydrogen-bond acceptors (Lipinski definition) is 0. The molecule has 3 aromatic carbocycles. The van der Waals surface area contributed by atoms with Gasteiger partial charge in [-0.25, -0.2) is 0 Å². The van der Waals surface area contributed by atoms with Crippen molar-refractivity contribution in [1.82, 2.24) is 0 Å². The molecule has 3 aromatic rings. The summed E-state index contributed by atoms with van der Waals surface area (Å²) < 4.78 is 0. The van der Waals surface area contributed by atoms with Gasteiger partial charge < -0.3 is 0 Å². The molecular weight excluding hydrogens is 251 g/mol. The van der Waals surface area contributed by atoms with Crippen LogP contribution in [0.4, 0.5) is 0 Å². The van der Waals surface area contributed by atoms with E-state index in [1.165, 1.54) is 22.6 Å². The standard InChI is InChI=1S/C19H15.Na/c1-4-10-16(11-5-1)19(17-12-6-2-7-13-17)18-14-8-3-9-15-18;/h1-15H;/q-1;+1. The zero-order valence-corrected chi connectivity index (χ0v) is 13.7. The Kier molecular flexibility index (Phi) is 5.49. The van der Waals surface area contributed by atoms with Crippen LogP contribution in [0, 0.1) is 5.92 Å². The average molecular weight is 266 g/mol. The molecule has 0 saturated heterocycles. The van der Waals surface area contributed by atoms with Gasteiger partial charge in [-0.3, -0.25) is 0 Å². The summed E-state index contributed by atoms with van der Waals surface area (Å²) in [6.07, 6.45) is 0. The van der Waals surface area contributed by atoms with Crippen molar-refractivity contribution >= 4 is 0 Å². The SMILES string of the molecule is [Na+].c1ccc([C-](c2ccccc2)c2ccccc2)cc1. The molecule has 0 nitrogen and oxygen atoms in total. The van der Waals surface area contributed by atoms with Crippen LogP contribution in [0.2, 0.25) is 0 Å². The molecule has 0 aliphatic carbocycles. The molecule has 0 aromatic heterocycles. The second-order valence-corrected chi connectivity index (χ2v) is 4.47. The van der Waals surface area contributed by atoms with Crippen molar-refractivity contribution in [3.05, 3.63) is 114 Å². The molecule has 0 unspecified atom stereocenters. The van der Waals surface area contributed by atoms with Crippen molar-refractivity contribution < 1.29 is 29.6 Å². The van der Waals surface area contributed by atoms with Crippen LogP contribution in [0.25, 0.3) is 0 Å². The van der Waals surface area contributed by atoms with Crippen molar-refractivity contribution in [2.24, 2.45) is 0 Å². The van der Waals surface area contributed by atoms with Gasteiger partial charge in [0.05, 0.1) is 0 Å². The van der Waals surface area contributed by atoms with E-state index in [1.807, 2.05) is 0 Å². The molecule has 0 amide bonds. The van der Waals surface area contributed by atoms with Crippen LogP contribution < -0.4 is 29.6 Å². The van der Waals surface area contributed by atoms with Crippen LogP contribution in [0.5, 0.6) is 0 Å². The smallest absolute Gasteiger partial charge is 0.0999 e. The third kappa shape index (κ3) is 3.34. The van der Waals surface area contributed by atoms with E-state index in [1.54, 1.807) is 0 Å². The first-order chi connectivity index (χ1) is 9.45. The summed E-state index contributed by atoms with van der Waals surface area (Å²) in [5, 5.41) is 0. The Labute approximate surface area is 142 Å². The molecule has 0 radical (unpaired) electrons. The Bertz CT molecular complexity index is 524. The van der Waals surface area contributed by atoms with E-state index in [4.69, 9.17) is 0 Å². The first-order valence-electron chi connectivity index (χ1n) is 6.48. The molecule has 0 fully saturated rings. The summed E-state index contributed by atoms with van der Waals surface area (Å²) in [6.45, 7) is 0. The molecule has 0 bridgehead atoms. The molecule has 0 atom stereocenters. The monoisotopic (exact) mass is 266 g/mol. The molecule has 0 aliphatic heterocycles. The van der Waals surface area contributed by atoms with Gasteiger partial charge in [0.1, 0.15) is 0 Å². The van der Waals surface area contributed by atoms with E-state index in [0.29, 0.717) is 0 Å². The second-order valence-electron chi connectivity index (χ2n) is 4.47. The maximum Gasteiger partial charge on any atom is 1.00 e. The molecule has 3 rings (SSSR count). The summed E-state index contributed by atoms with van der Waals surface area (Å²) in [6, 6.07) is 31.6. The quantitative estimate of drug-likeness (QED) is 0.385. The molecular formula is C19H15Na. The van der Waals surface area contributed by atoms with Gasteiger partial charge in [0.15, 0.2) is 0 Å². The van der Waals surface area contributed by atoms with E-state index in [-0.39, 0.29) is 29.6 Å². The molecule has 0 saturated carbocycles. The minimum atomic E-state index is 0. The van der Waals surface area contributed by atoms with E-state index >= 15 is 0 Å². The fraction of sp³-hybridized carbons (Fsp3) is 0. The minimum absolute atomic E-state index is 0. The minimum Gasteiger partial charge on any atom is -0.0999 e. The Morgan fingerprint density at radius 1 is 0.400 bits per heavy atom. The van der Waals surface area contributed by atoms with E-state index in [0.717, 1.165) is 0 Å². The fourth-order valence-corrected chi connectivity index (χ4v) is 2.31. The molecule has 1 heteroatoms. The van der Waals surface area contributed by atoms with Gasteiger partial charge >= 0.3 is 29.6 Å². The third-order valence-electron chi connectivity index (χ3n) is 3.19. The van der Waals surface area contributed by atoms with Gasteiger partial charge in [0.2, 0.25) is 0 Å². The van der Waals surface area contributed by atoms with Crippen molar-refractivity contribution in [1.29, 1.82) is 0 Å². The Hall–Kier alpha value is -1.47. The zero-order valence-electron chi connectivity index (χ0n) is 11.7. The summed E-state index contributed by atoms with van der Waals surface area (Å²) in [4.78, 5) is 0. The van der Waals surface area contributed by atoms with Crippen LogP contribution in [-0.2, 0) is 0 Å². The number of hydrogen-bond donors (Lipinski definition) is 0. The van der Waals surface area contributed by atoms with Gasteiger partial charge in [-0.2, -0.15) is 0 Å². The van der Waals surface area contributed by atoms with Gasteiger partial charge in [-0.05, 0) is 0 Å². The molecule has 20 heavy (non-hydrogen) atoms. The fourth-order valence-electron chi connectivity index (χ4n) is 2.31. The first kappa shape index (κ1) is 14.9. The van der Waals surface area contributed by atoms with E-state index < -0.39 is 0 Å². The van der Waals surface area contributed by atoms with Crippen LogP contribution in [-0.4, -0.2) is 0 Å². The summed E-state index contributed by atoms with van der Waals surface area (Å²) in [5.41, 5.74) is 3.75. The number of rotatable bonds is 3. The van der Waals surface area contributed by atoms with Gasteiger partial charge in [0.25, 0.3) is 0 Å². The van der Waals surface area contributed by atoms with E-state index in [9.17, 15) is 0 Å². The second kappa shape index (κ2) is 7.35. The maximum atomic E-state index is 2.16. The topological polar surface area (TPSA) is 0 Å². The predicted molar refractivity (Wildman–Crippen MR) is 79.9 cm³/mol. The summed E-state index contributed by atoms with van der Waals surface area (Å²) in [5.74, 6) is 1.28. The molecule has 0 spiro atoms. The predicted octanol–water partition coefficient (Wildman–Crippen LogP) is 1.71. The summed E-state index contributed by atoms with van der Waals surface area (Å²) in [7, 11) is 0. The van der Waals surface area contributed by atoms with Crippen molar-refractivity contribution in [3.8, 4) is 0 Å². The molecule has 92 valence electrons. The van der Waals surface area contributed by atoms with Crippen molar-refractivity contribution in [2.75, 3.05) is 0 Å². The third-order valence-corrected chi connectivity index (χ3v) is 3.19. The van der Waals surface area contributed by atoms with E-state index in [2.05, 4.69) is 91.0 Å². The largest absolute Gasteiger partial charge is 1.00 e. The Morgan fingerprint density at radius 2 is 0.650 bits per heavy atom. The Morgan fingerprint density at radius 3 is 0.900 bits per heavy atom. The maximum absolute atomic E-state index is 2.16. The molecule has 0 heterocycles. The van der Waals surface area contributed by atoms with Crippen molar-refractivity contribution in [2.45, 2.75) is 0 Å². The Balaban J connectivity index is 0.00000147. The van der Waals surface area contributed by atoms with Crippen LogP contribution in [0.1, 0.15) is 16.7 Å². The van der Waals surface area contributed by atoms with Gasteiger partial charge in [0, 0.05) is 0 Å². The van der Waals surface area contributed by atoms with Crippen molar-refractivity contribution in [3.63, 3.8) is 0 Å².